The molecule has 0 unspecified atom stereocenters. The summed E-state index contributed by atoms with van der Waals surface area (Å²) in [7, 11) is -3.93. The van der Waals surface area contributed by atoms with Crippen LogP contribution in [0.3, 0.4) is 0 Å². The number of nitrogens with zero attached hydrogens (tertiary/aromatic N) is 1. The Kier molecular flexibility index (Phi) is 5.55. The molecule has 0 atom stereocenters. The number of carbonyl (C=O) groups excluding carboxylic acids is 1. The largest absolute Gasteiger partial charge is 0.418 e. The Morgan fingerprint density at radius 1 is 1.08 bits per heavy atom. The first-order valence-corrected chi connectivity index (χ1v) is 9.02. The van der Waals surface area contributed by atoms with Gasteiger partial charge in [-0.2, -0.15) is 13.2 Å². The molecule has 0 saturated heterocycles. The fourth-order valence-corrected chi connectivity index (χ4v) is 3.02. The number of nitrogens with one attached hydrogen (secondary N) is 1. The van der Waals surface area contributed by atoms with E-state index in [0.29, 0.717) is 4.31 Å². The topological polar surface area (TPSA) is 66.5 Å². The maximum Gasteiger partial charge on any atom is 0.418 e. The van der Waals surface area contributed by atoms with E-state index >= 15 is 0 Å². The second-order valence-electron chi connectivity index (χ2n) is 5.34. The summed E-state index contributed by atoms with van der Waals surface area (Å²) in [4.78, 5) is 12.1. The van der Waals surface area contributed by atoms with Crippen molar-refractivity contribution in [3.8, 4) is 0 Å². The number of sulfonamides is 1. The van der Waals surface area contributed by atoms with Crippen LogP contribution in [-0.4, -0.2) is 27.1 Å². The Morgan fingerprint density at radius 2 is 1.65 bits per heavy atom. The van der Waals surface area contributed by atoms with Crippen LogP contribution >= 0.6 is 0 Å². The highest BCUT2D eigenvalue weighted by Crippen LogP contribution is 2.34. The van der Waals surface area contributed by atoms with E-state index in [2.05, 4.69) is 5.32 Å². The van der Waals surface area contributed by atoms with Gasteiger partial charge < -0.3 is 5.32 Å². The molecular formula is C16H14F4N2O3S. The van der Waals surface area contributed by atoms with E-state index in [1.165, 1.54) is 12.1 Å². The van der Waals surface area contributed by atoms with Crippen LogP contribution in [-0.2, 0) is 21.0 Å². The quantitative estimate of drug-likeness (QED) is 0.797. The third-order valence-corrected chi connectivity index (χ3v) is 4.45. The lowest BCUT2D eigenvalue weighted by Crippen LogP contribution is -2.37. The highest BCUT2D eigenvalue weighted by atomic mass is 32.2. The fourth-order valence-electron chi connectivity index (χ4n) is 2.17. The molecule has 140 valence electrons. The number of hydrogen-bond donors (Lipinski definition) is 1. The number of hydrogen-bond acceptors (Lipinski definition) is 3. The van der Waals surface area contributed by atoms with E-state index in [4.69, 9.17) is 0 Å². The van der Waals surface area contributed by atoms with Crippen molar-refractivity contribution in [2.24, 2.45) is 0 Å². The summed E-state index contributed by atoms with van der Waals surface area (Å²) in [5, 5.41) is 2.06. The van der Waals surface area contributed by atoms with Crippen LogP contribution in [0, 0.1) is 5.82 Å². The fraction of sp³-hybridized carbons (Fsp3) is 0.188. The molecule has 0 radical (unpaired) electrons. The van der Waals surface area contributed by atoms with Crippen LogP contribution in [0.2, 0.25) is 0 Å². The second kappa shape index (κ2) is 7.32. The van der Waals surface area contributed by atoms with Crippen LogP contribution in [0.15, 0.2) is 48.5 Å². The normalized spacial score (nSPS) is 11.9. The van der Waals surface area contributed by atoms with Crippen LogP contribution in [0.5, 0.6) is 0 Å². The Hall–Kier alpha value is -2.62. The van der Waals surface area contributed by atoms with Crippen molar-refractivity contribution in [2.75, 3.05) is 22.4 Å². The molecule has 1 N–H and O–H groups in total. The first-order valence-electron chi connectivity index (χ1n) is 7.18. The van der Waals surface area contributed by atoms with Gasteiger partial charge in [-0.05, 0) is 36.4 Å². The molecule has 0 aliphatic heterocycles. The average Bonchev–Trinajstić information content (AvgIpc) is 2.52. The second-order valence-corrected chi connectivity index (χ2v) is 7.24. The third kappa shape index (κ3) is 4.94. The number of benzene rings is 2. The van der Waals surface area contributed by atoms with Gasteiger partial charge >= 0.3 is 6.18 Å². The van der Waals surface area contributed by atoms with Crippen molar-refractivity contribution in [3.05, 3.63) is 59.9 Å². The Balaban J connectivity index is 2.26. The molecule has 0 saturated carbocycles. The molecule has 0 aliphatic carbocycles. The van der Waals surface area contributed by atoms with E-state index < -0.39 is 45.7 Å². The van der Waals surface area contributed by atoms with E-state index in [1.807, 2.05) is 0 Å². The van der Waals surface area contributed by atoms with Crippen molar-refractivity contribution < 1.29 is 30.8 Å². The van der Waals surface area contributed by atoms with Gasteiger partial charge in [0.05, 0.1) is 23.2 Å². The highest BCUT2D eigenvalue weighted by molar-refractivity contribution is 7.92. The monoisotopic (exact) mass is 390 g/mol. The Bertz CT molecular complexity index is 896. The third-order valence-electron chi connectivity index (χ3n) is 3.31. The SMILES string of the molecule is CS(=O)(=O)N(CC(=O)Nc1ccccc1C(F)(F)F)c1ccc(F)cc1. The summed E-state index contributed by atoms with van der Waals surface area (Å²) in [6.45, 7) is -0.767. The van der Waals surface area contributed by atoms with Crippen molar-refractivity contribution in [1.82, 2.24) is 0 Å². The minimum Gasteiger partial charge on any atom is -0.324 e. The van der Waals surface area contributed by atoms with Gasteiger partial charge in [0.25, 0.3) is 0 Å². The highest BCUT2D eigenvalue weighted by Gasteiger charge is 2.33. The molecule has 0 heterocycles. The molecular weight excluding hydrogens is 376 g/mol. The molecule has 0 fully saturated rings. The predicted octanol–water partition coefficient (Wildman–Crippen LogP) is 3.25. The molecule has 0 bridgehead atoms. The number of anilines is 2. The Labute approximate surface area is 147 Å². The van der Waals surface area contributed by atoms with Crippen LogP contribution in [0.4, 0.5) is 28.9 Å². The summed E-state index contributed by atoms with van der Waals surface area (Å²) in [6, 6.07) is 8.63. The van der Waals surface area contributed by atoms with E-state index in [1.54, 1.807) is 0 Å². The zero-order valence-corrected chi connectivity index (χ0v) is 14.2. The summed E-state index contributed by atoms with van der Waals surface area (Å²) in [6.07, 6.45) is -3.86. The molecule has 10 heteroatoms. The maximum absolute atomic E-state index is 13.0. The summed E-state index contributed by atoms with van der Waals surface area (Å²) in [5.74, 6) is -1.58. The van der Waals surface area contributed by atoms with Gasteiger partial charge in [0.1, 0.15) is 12.4 Å². The van der Waals surface area contributed by atoms with Gasteiger partial charge in [0, 0.05) is 0 Å². The minimum atomic E-state index is -4.68. The number of halogens is 4. The molecule has 2 aromatic carbocycles. The van der Waals surface area contributed by atoms with E-state index in [-0.39, 0.29) is 5.69 Å². The van der Waals surface area contributed by atoms with Crippen molar-refractivity contribution in [1.29, 1.82) is 0 Å². The lowest BCUT2D eigenvalue weighted by molar-refractivity contribution is -0.137. The molecule has 1 amide bonds. The van der Waals surface area contributed by atoms with Gasteiger partial charge in [0.2, 0.25) is 15.9 Å². The molecule has 0 aliphatic rings. The van der Waals surface area contributed by atoms with Crippen molar-refractivity contribution in [3.63, 3.8) is 0 Å². The smallest absolute Gasteiger partial charge is 0.324 e. The summed E-state index contributed by atoms with van der Waals surface area (Å²) >= 11 is 0. The number of amides is 1. The van der Waals surface area contributed by atoms with E-state index in [0.717, 1.165) is 42.7 Å². The summed E-state index contributed by atoms with van der Waals surface area (Å²) in [5.41, 5.74) is -1.54. The van der Waals surface area contributed by atoms with Gasteiger partial charge in [-0.25, -0.2) is 12.8 Å². The predicted molar refractivity (Wildman–Crippen MR) is 88.7 cm³/mol. The number of carbonyl (C=O) groups is 1. The number of para-hydroxylation sites is 1. The average molecular weight is 390 g/mol. The molecule has 2 rings (SSSR count). The minimum absolute atomic E-state index is 0.00755. The first-order chi connectivity index (χ1) is 12.0. The van der Waals surface area contributed by atoms with Crippen LogP contribution < -0.4 is 9.62 Å². The summed E-state index contributed by atoms with van der Waals surface area (Å²) < 4.78 is 76.4. The number of rotatable bonds is 5. The Morgan fingerprint density at radius 3 is 2.19 bits per heavy atom. The van der Waals surface area contributed by atoms with Gasteiger partial charge in [-0.1, -0.05) is 12.1 Å². The molecule has 0 spiro atoms. The van der Waals surface area contributed by atoms with Gasteiger partial charge in [-0.3, -0.25) is 9.10 Å². The molecule has 5 nitrogen and oxygen atoms in total. The lowest BCUT2D eigenvalue weighted by Gasteiger charge is -2.22. The lowest BCUT2D eigenvalue weighted by atomic mass is 10.1. The standard InChI is InChI=1S/C16H14F4N2O3S/c1-26(24,25)22(12-8-6-11(17)7-9-12)10-15(23)21-14-5-3-2-4-13(14)16(18,19)20/h2-9H,10H2,1H3,(H,21,23). The molecule has 2 aromatic rings. The maximum atomic E-state index is 13.0. The zero-order valence-electron chi connectivity index (χ0n) is 13.4. The van der Waals surface area contributed by atoms with Crippen molar-refractivity contribution in [2.45, 2.75) is 6.18 Å². The molecule has 26 heavy (non-hydrogen) atoms. The van der Waals surface area contributed by atoms with Gasteiger partial charge in [-0.15, -0.1) is 0 Å². The van der Waals surface area contributed by atoms with Crippen LogP contribution in [0.25, 0.3) is 0 Å². The van der Waals surface area contributed by atoms with Crippen LogP contribution in [0.1, 0.15) is 5.56 Å². The molecule has 0 aromatic heterocycles. The van der Waals surface area contributed by atoms with E-state index in [9.17, 15) is 30.8 Å². The number of alkyl halides is 3. The van der Waals surface area contributed by atoms with Gasteiger partial charge in [0.15, 0.2) is 0 Å². The first kappa shape index (κ1) is 19.7. The van der Waals surface area contributed by atoms with Crippen molar-refractivity contribution >= 4 is 27.3 Å². The zero-order chi connectivity index (χ0) is 19.5.